The number of nitrogen functional groups attached to an aromatic ring is 1. The Morgan fingerprint density at radius 2 is 1.65 bits per heavy atom. The van der Waals surface area contributed by atoms with E-state index in [0.29, 0.717) is 0 Å². The second-order valence-electron chi connectivity index (χ2n) is 5.95. The molecule has 4 rings (SSSR count). The predicted octanol–water partition coefficient (Wildman–Crippen LogP) is 4.02. The summed E-state index contributed by atoms with van der Waals surface area (Å²) in [5.41, 5.74) is 7.39. The van der Waals surface area contributed by atoms with E-state index in [1.807, 2.05) is 54.6 Å². The predicted molar refractivity (Wildman–Crippen MR) is 101 cm³/mol. The molecule has 126 valence electrons. The maximum absolute atomic E-state index is 12.4. The van der Waals surface area contributed by atoms with Gasteiger partial charge in [-0.2, -0.15) is 5.26 Å². The Morgan fingerprint density at radius 3 is 2.19 bits per heavy atom. The molecule has 0 amide bonds. The number of methoxy groups -OCH3 is 1. The zero-order valence-electron chi connectivity index (χ0n) is 14.1. The number of nitrogens with zero attached hydrogens (tertiary/aromatic N) is 2. The third-order valence-electron chi connectivity index (χ3n) is 4.53. The van der Waals surface area contributed by atoms with Gasteiger partial charge in [0.1, 0.15) is 6.07 Å². The Hall–Kier alpha value is -3.78. The molecule has 1 heterocycles. The highest BCUT2D eigenvalue weighted by Gasteiger charge is 2.23. The Labute approximate surface area is 149 Å². The lowest BCUT2D eigenvalue weighted by Gasteiger charge is -2.15. The first-order valence-corrected chi connectivity index (χ1v) is 8.05. The molecular weight excluding hydrogens is 326 g/mol. The molecule has 0 saturated carbocycles. The number of benzene rings is 3. The van der Waals surface area contributed by atoms with Crippen molar-refractivity contribution in [2.75, 3.05) is 12.8 Å². The van der Waals surface area contributed by atoms with Crippen LogP contribution in [-0.4, -0.2) is 17.6 Å². The highest BCUT2D eigenvalue weighted by atomic mass is 16.5. The van der Waals surface area contributed by atoms with E-state index in [2.05, 4.69) is 6.07 Å². The first-order valence-electron chi connectivity index (χ1n) is 8.05. The van der Waals surface area contributed by atoms with Crippen molar-refractivity contribution in [3.63, 3.8) is 0 Å². The van der Waals surface area contributed by atoms with Gasteiger partial charge in [0.05, 0.1) is 24.0 Å². The minimum atomic E-state index is -0.582. The number of ether oxygens (including phenoxy) is 1. The maximum atomic E-state index is 12.4. The molecule has 5 heteroatoms. The van der Waals surface area contributed by atoms with Crippen LogP contribution in [0.4, 0.5) is 5.69 Å². The molecule has 0 unspecified atom stereocenters. The van der Waals surface area contributed by atoms with Crippen molar-refractivity contribution >= 4 is 33.2 Å². The number of rotatable bonds is 2. The van der Waals surface area contributed by atoms with Crippen LogP contribution in [0.15, 0.2) is 60.8 Å². The molecule has 2 N–H and O–H groups in total. The van der Waals surface area contributed by atoms with E-state index in [0.717, 1.165) is 27.2 Å². The van der Waals surface area contributed by atoms with E-state index >= 15 is 0 Å². The molecule has 0 atom stereocenters. The summed E-state index contributed by atoms with van der Waals surface area (Å²) >= 11 is 0. The van der Waals surface area contributed by atoms with Gasteiger partial charge in [0, 0.05) is 17.0 Å². The lowest BCUT2D eigenvalue weighted by atomic mass is 10.0. The molecule has 0 saturated heterocycles. The first-order chi connectivity index (χ1) is 12.7. The lowest BCUT2D eigenvalue weighted by molar-refractivity contribution is 0.0593. The lowest BCUT2D eigenvalue weighted by Crippen LogP contribution is -2.11. The van der Waals surface area contributed by atoms with Crippen LogP contribution in [-0.2, 0) is 4.74 Å². The van der Waals surface area contributed by atoms with Crippen molar-refractivity contribution in [3.05, 3.63) is 72.1 Å². The number of hydrogen-bond donors (Lipinski definition) is 1. The average Bonchev–Trinajstić information content (AvgIpc) is 3.01. The van der Waals surface area contributed by atoms with Crippen molar-refractivity contribution in [3.8, 4) is 11.8 Å². The van der Waals surface area contributed by atoms with Crippen molar-refractivity contribution in [2.24, 2.45) is 0 Å². The Bertz CT molecular complexity index is 1160. The van der Waals surface area contributed by atoms with Gasteiger partial charge in [0.15, 0.2) is 5.69 Å². The molecule has 26 heavy (non-hydrogen) atoms. The number of anilines is 1. The maximum Gasteiger partial charge on any atom is 0.357 e. The molecule has 3 aromatic carbocycles. The van der Waals surface area contributed by atoms with Gasteiger partial charge >= 0.3 is 5.97 Å². The number of carbonyl (C=O) groups excluding carboxylic acids is 1. The van der Waals surface area contributed by atoms with Gasteiger partial charge in [-0.05, 0) is 16.8 Å². The van der Waals surface area contributed by atoms with Crippen LogP contribution in [0.3, 0.4) is 0 Å². The van der Waals surface area contributed by atoms with Crippen molar-refractivity contribution < 1.29 is 9.53 Å². The van der Waals surface area contributed by atoms with E-state index in [1.165, 1.54) is 7.11 Å². The Balaban J connectivity index is 2.22. The van der Waals surface area contributed by atoms with Crippen molar-refractivity contribution in [2.45, 2.75) is 0 Å². The standard InChI is InChI=1S/C21H15N3O2/c1-26-21(25)20-18(23)15(11-22)12-24(20)19-16-8-4-2-6-13(16)10-14-7-3-5-9-17(14)19/h2-10,12H,23H2,1H3. The van der Waals surface area contributed by atoms with E-state index < -0.39 is 5.97 Å². The highest BCUT2D eigenvalue weighted by Crippen LogP contribution is 2.35. The molecular formula is C21H15N3O2. The van der Waals surface area contributed by atoms with Crippen molar-refractivity contribution in [1.82, 2.24) is 4.57 Å². The molecule has 4 aromatic rings. The summed E-state index contributed by atoms with van der Waals surface area (Å²) in [5.74, 6) is -0.582. The van der Waals surface area contributed by atoms with E-state index in [4.69, 9.17) is 10.5 Å². The molecule has 1 aromatic heterocycles. The number of nitriles is 1. The van der Waals surface area contributed by atoms with Crippen LogP contribution >= 0.6 is 0 Å². The molecule has 0 radical (unpaired) electrons. The molecule has 0 bridgehead atoms. The fourth-order valence-electron chi connectivity index (χ4n) is 3.34. The smallest absolute Gasteiger partial charge is 0.357 e. The Morgan fingerprint density at radius 1 is 1.08 bits per heavy atom. The molecule has 0 aliphatic rings. The number of nitrogens with two attached hydrogens (primary N) is 1. The van der Waals surface area contributed by atoms with Gasteiger partial charge in [-0.1, -0.05) is 48.5 Å². The Kier molecular flexibility index (Phi) is 3.59. The summed E-state index contributed by atoms with van der Waals surface area (Å²) < 4.78 is 6.58. The van der Waals surface area contributed by atoms with Crippen molar-refractivity contribution in [1.29, 1.82) is 5.26 Å². The summed E-state index contributed by atoms with van der Waals surface area (Å²) in [4.78, 5) is 12.4. The summed E-state index contributed by atoms with van der Waals surface area (Å²) in [6.07, 6.45) is 1.59. The third kappa shape index (κ3) is 2.20. The second kappa shape index (κ2) is 5.94. The second-order valence-corrected chi connectivity index (χ2v) is 5.95. The van der Waals surface area contributed by atoms with E-state index in [1.54, 1.807) is 10.8 Å². The molecule has 0 spiro atoms. The molecule has 0 aliphatic heterocycles. The SMILES string of the molecule is COC(=O)c1c(N)c(C#N)cn1-c1c2ccccc2cc2ccccc12. The van der Waals surface area contributed by atoms with Gasteiger partial charge in [0.25, 0.3) is 0 Å². The van der Waals surface area contributed by atoms with Gasteiger partial charge in [-0.3, -0.25) is 0 Å². The van der Waals surface area contributed by atoms with Crippen LogP contribution in [0.25, 0.3) is 27.2 Å². The molecule has 0 aliphatic carbocycles. The first kappa shape index (κ1) is 15.7. The quantitative estimate of drug-likeness (QED) is 0.441. The van der Waals surface area contributed by atoms with Crippen LogP contribution in [0.1, 0.15) is 16.1 Å². The average molecular weight is 341 g/mol. The number of carbonyl (C=O) groups is 1. The van der Waals surface area contributed by atoms with E-state index in [9.17, 15) is 10.1 Å². The van der Waals surface area contributed by atoms with Crippen LogP contribution in [0.5, 0.6) is 0 Å². The normalized spacial score (nSPS) is 10.8. The molecule has 0 fully saturated rings. The van der Waals surface area contributed by atoms with Gasteiger partial charge in [0.2, 0.25) is 0 Å². The summed E-state index contributed by atoms with van der Waals surface area (Å²) in [6.45, 7) is 0. The van der Waals surface area contributed by atoms with Gasteiger partial charge in [-0.15, -0.1) is 0 Å². The highest BCUT2D eigenvalue weighted by molar-refractivity contribution is 6.08. The summed E-state index contributed by atoms with van der Waals surface area (Å²) in [7, 11) is 1.30. The topological polar surface area (TPSA) is 81.0 Å². The third-order valence-corrected chi connectivity index (χ3v) is 4.53. The summed E-state index contributed by atoms with van der Waals surface area (Å²) in [6, 6.07) is 20.0. The minimum absolute atomic E-state index is 0.122. The molecule has 5 nitrogen and oxygen atoms in total. The van der Waals surface area contributed by atoms with Crippen LogP contribution in [0, 0.1) is 11.3 Å². The van der Waals surface area contributed by atoms with Gasteiger partial charge in [-0.25, -0.2) is 4.79 Å². The number of aromatic nitrogens is 1. The van der Waals surface area contributed by atoms with E-state index in [-0.39, 0.29) is 16.9 Å². The number of esters is 1. The number of hydrogen-bond acceptors (Lipinski definition) is 4. The zero-order chi connectivity index (χ0) is 18.3. The largest absolute Gasteiger partial charge is 0.464 e. The fraction of sp³-hybridized carbons (Fsp3) is 0.0476. The van der Waals surface area contributed by atoms with Crippen LogP contribution in [0.2, 0.25) is 0 Å². The summed E-state index contributed by atoms with van der Waals surface area (Å²) in [5, 5.41) is 13.4. The number of fused-ring (bicyclic) bond motifs is 2. The fourth-order valence-corrected chi connectivity index (χ4v) is 3.34. The zero-order valence-corrected chi connectivity index (χ0v) is 14.1. The minimum Gasteiger partial charge on any atom is -0.464 e. The van der Waals surface area contributed by atoms with Crippen LogP contribution < -0.4 is 5.73 Å². The monoisotopic (exact) mass is 341 g/mol. The van der Waals surface area contributed by atoms with Gasteiger partial charge < -0.3 is 15.0 Å².